The number of hydrogen-bond acceptors (Lipinski definition) is 3. The Hall–Kier alpha value is -2.14. The standard InChI is InChI=1S/C18H19NO3S/c20-17(10-16-7-4-8-23-16)19-11-14(9-15(12-19)18(21)22)13-5-2-1-3-6-13/h1-8,14-15H,9-12H2,(H,21,22). The molecule has 1 amide bonds. The largest absolute Gasteiger partial charge is 0.481 e. The fourth-order valence-electron chi connectivity index (χ4n) is 3.12. The van der Waals surface area contributed by atoms with Crippen LogP contribution < -0.4 is 0 Å². The molecule has 0 spiro atoms. The van der Waals surface area contributed by atoms with Crippen molar-refractivity contribution in [1.29, 1.82) is 0 Å². The van der Waals surface area contributed by atoms with Crippen LogP contribution in [0.3, 0.4) is 0 Å². The number of carbonyl (C=O) groups is 2. The van der Waals surface area contributed by atoms with E-state index in [0.29, 0.717) is 25.9 Å². The van der Waals surface area contributed by atoms with Crippen molar-refractivity contribution < 1.29 is 14.7 Å². The summed E-state index contributed by atoms with van der Waals surface area (Å²) in [6.07, 6.45) is 0.938. The van der Waals surface area contributed by atoms with Crippen molar-refractivity contribution in [2.45, 2.75) is 18.8 Å². The highest BCUT2D eigenvalue weighted by Crippen LogP contribution is 2.31. The number of aliphatic carboxylic acids is 1. The van der Waals surface area contributed by atoms with Crippen molar-refractivity contribution in [3.63, 3.8) is 0 Å². The van der Waals surface area contributed by atoms with E-state index in [4.69, 9.17) is 0 Å². The Morgan fingerprint density at radius 3 is 2.57 bits per heavy atom. The third kappa shape index (κ3) is 3.79. The van der Waals surface area contributed by atoms with Gasteiger partial charge in [-0.2, -0.15) is 0 Å². The molecule has 3 rings (SSSR count). The molecule has 120 valence electrons. The lowest BCUT2D eigenvalue weighted by Gasteiger charge is -2.36. The molecule has 1 aromatic heterocycles. The lowest BCUT2D eigenvalue weighted by molar-refractivity contribution is -0.146. The third-order valence-corrected chi connectivity index (χ3v) is 5.21. The Kier molecular flexibility index (Phi) is 4.76. The summed E-state index contributed by atoms with van der Waals surface area (Å²) in [4.78, 5) is 26.8. The molecular weight excluding hydrogens is 310 g/mol. The number of carbonyl (C=O) groups excluding carboxylic acids is 1. The van der Waals surface area contributed by atoms with E-state index in [9.17, 15) is 14.7 Å². The van der Waals surface area contributed by atoms with Gasteiger partial charge in [-0.3, -0.25) is 9.59 Å². The van der Waals surface area contributed by atoms with Crippen LogP contribution in [0, 0.1) is 5.92 Å². The van der Waals surface area contributed by atoms with Gasteiger partial charge in [0.1, 0.15) is 0 Å². The van der Waals surface area contributed by atoms with Gasteiger partial charge in [-0.1, -0.05) is 36.4 Å². The van der Waals surface area contributed by atoms with Crippen LogP contribution in [-0.2, 0) is 16.0 Å². The highest BCUT2D eigenvalue weighted by molar-refractivity contribution is 7.10. The van der Waals surface area contributed by atoms with Crippen LogP contribution in [0.15, 0.2) is 47.8 Å². The third-order valence-electron chi connectivity index (χ3n) is 4.33. The average Bonchev–Trinajstić information content (AvgIpc) is 3.08. The molecule has 1 fully saturated rings. The van der Waals surface area contributed by atoms with Gasteiger partial charge in [0.05, 0.1) is 12.3 Å². The van der Waals surface area contributed by atoms with Crippen molar-refractivity contribution in [3.05, 3.63) is 58.3 Å². The van der Waals surface area contributed by atoms with Gasteiger partial charge in [0, 0.05) is 23.9 Å². The highest BCUT2D eigenvalue weighted by Gasteiger charge is 2.34. The Bertz CT molecular complexity index is 669. The van der Waals surface area contributed by atoms with Crippen LogP contribution in [0.5, 0.6) is 0 Å². The summed E-state index contributed by atoms with van der Waals surface area (Å²) in [6, 6.07) is 13.7. The molecule has 23 heavy (non-hydrogen) atoms. The quantitative estimate of drug-likeness (QED) is 0.938. The lowest BCUT2D eigenvalue weighted by atomic mass is 9.84. The van der Waals surface area contributed by atoms with Crippen LogP contribution in [0.25, 0.3) is 0 Å². The van der Waals surface area contributed by atoms with Crippen molar-refractivity contribution in [2.75, 3.05) is 13.1 Å². The summed E-state index contributed by atoms with van der Waals surface area (Å²) in [5.41, 5.74) is 1.10. The van der Waals surface area contributed by atoms with E-state index in [2.05, 4.69) is 0 Å². The second-order valence-corrected chi connectivity index (χ2v) is 6.97. The van der Waals surface area contributed by atoms with Crippen molar-refractivity contribution in [3.8, 4) is 0 Å². The van der Waals surface area contributed by atoms with Gasteiger partial charge < -0.3 is 10.0 Å². The number of benzene rings is 1. The number of carboxylic acid groups (broad SMARTS) is 1. The first kappa shape index (κ1) is 15.7. The normalized spacial score (nSPS) is 21.1. The van der Waals surface area contributed by atoms with Gasteiger partial charge >= 0.3 is 5.97 Å². The number of likely N-dealkylation sites (tertiary alicyclic amines) is 1. The first-order chi connectivity index (χ1) is 11.1. The molecule has 1 saturated heterocycles. The van der Waals surface area contributed by atoms with E-state index in [1.807, 2.05) is 47.8 Å². The second kappa shape index (κ2) is 6.96. The Labute approximate surface area is 139 Å². The summed E-state index contributed by atoms with van der Waals surface area (Å²) in [6.45, 7) is 0.904. The number of thiophene rings is 1. The molecule has 4 nitrogen and oxygen atoms in total. The van der Waals surface area contributed by atoms with Crippen molar-refractivity contribution >= 4 is 23.2 Å². The molecule has 5 heteroatoms. The first-order valence-corrected chi connectivity index (χ1v) is 8.59. The molecule has 1 aliphatic heterocycles. The van der Waals surface area contributed by atoms with Gasteiger partial charge in [0.2, 0.25) is 5.91 Å². The summed E-state index contributed by atoms with van der Waals surface area (Å²) in [5.74, 6) is -1.22. The molecular formula is C18H19NO3S. The number of nitrogens with zero attached hydrogens (tertiary/aromatic N) is 1. The molecule has 2 heterocycles. The van der Waals surface area contributed by atoms with Gasteiger partial charge in [0.25, 0.3) is 0 Å². The minimum Gasteiger partial charge on any atom is -0.481 e. The maximum absolute atomic E-state index is 12.6. The number of piperidine rings is 1. The molecule has 0 radical (unpaired) electrons. The monoisotopic (exact) mass is 329 g/mol. The number of carboxylic acids is 1. The van der Waals surface area contributed by atoms with Gasteiger partial charge in [-0.05, 0) is 23.4 Å². The molecule has 2 atom stereocenters. The summed E-state index contributed by atoms with van der Waals surface area (Å²) >= 11 is 1.56. The van der Waals surface area contributed by atoms with Gasteiger partial charge in [-0.15, -0.1) is 11.3 Å². The van der Waals surface area contributed by atoms with E-state index in [0.717, 1.165) is 10.4 Å². The Morgan fingerprint density at radius 1 is 1.13 bits per heavy atom. The summed E-state index contributed by atoms with van der Waals surface area (Å²) < 4.78 is 0. The fraction of sp³-hybridized carbons (Fsp3) is 0.333. The van der Waals surface area contributed by atoms with Crippen molar-refractivity contribution in [1.82, 2.24) is 4.90 Å². The van der Waals surface area contributed by atoms with E-state index < -0.39 is 11.9 Å². The molecule has 0 aliphatic carbocycles. The van der Waals surface area contributed by atoms with Crippen LogP contribution in [0.4, 0.5) is 0 Å². The molecule has 0 saturated carbocycles. The number of hydrogen-bond donors (Lipinski definition) is 1. The maximum atomic E-state index is 12.6. The van der Waals surface area contributed by atoms with Crippen molar-refractivity contribution in [2.24, 2.45) is 5.92 Å². The van der Waals surface area contributed by atoms with Gasteiger partial charge in [0.15, 0.2) is 0 Å². The minimum atomic E-state index is -0.820. The zero-order valence-electron chi connectivity index (χ0n) is 12.7. The molecule has 2 aromatic rings. The highest BCUT2D eigenvalue weighted by atomic mass is 32.1. The summed E-state index contributed by atoms with van der Waals surface area (Å²) in [7, 11) is 0. The average molecular weight is 329 g/mol. The van der Waals surface area contributed by atoms with E-state index >= 15 is 0 Å². The fourth-order valence-corrected chi connectivity index (χ4v) is 3.82. The summed E-state index contributed by atoms with van der Waals surface area (Å²) in [5, 5.41) is 11.4. The molecule has 1 aliphatic rings. The SMILES string of the molecule is O=C(O)C1CC(c2ccccc2)CN(C(=O)Cc2cccs2)C1. The van der Waals surface area contributed by atoms with E-state index in [-0.39, 0.29) is 11.8 Å². The maximum Gasteiger partial charge on any atom is 0.308 e. The zero-order valence-corrected chi connectivity index (χ0v) is 13.5. The number of rotatable bonds is 4. The number of amides is 1. The molecule has 1 N–H and O–H groups in total. The zero-order chi connectivity index (χ0) is 16.2. The molecule has 2 unspecified atom stereocenters. The topological polar surface area (TPSA) is 57.6 Å². The van der Waals surface area contributed by atoms with Crippen LogP contribution in [0.2, 0.25) is 0 Å². The van der Waals surface area contributed by atoms with E-state index in [1.54, 1.807) is 16.2 Å². The Balaban J connectivity index is 1.76. The van der Waals surface area contributed by atoms with Crippen LogP contribution in [-0.4, -0.2) is 35.0 Å². The minimum absolute atomic E-state index is 0.0133. The predicted molar refractivity (Wildman–Crippen MR) is 89.5 cm³/mol. The molecule has 1 aromatic carbocycles. The first-order valence-electron chi connectivity index (χ1n) is 7.71. The smallest absolute Gasteiger partial charge is 0.308 e. The van der Waals surface area contributed by atoms with Crippen LogP contribution in [0.1, 0.15) is 22.8 Å². The van der Waals surface area contributed by atoms with Crippen LogP contribution >= 0.6 is 11.3 Å². The van der Waals surface area contributed by atoms with E-state index in [1.165, 1.54) is 0 Å². The Morgan fingerprint density at radius 2 is 1.91 bits per heavy atom. The molecule has 0 bridgehead atoms. The second-order valence-electron chi connectivity index (χ2n) is 5.93. The predicted octanol–water partition coefficient (Wildman–Crippen LogP) is 3.01. The van der Waals surface area contributed by atoms with Gasteiger partial charge in [-0.25, -0.2) is 0 Å². The lowest BCUT2D eigenvalue weighted by Crippen LogP contribution is -2.46.